The number of hydrogen-bond acceptors (Lipinski definition) is 6. The Bertz CT molecular complexity index is 281. The van der Waals surface area contributed by atoms with Gasteiger partial charge in [0, 0.05) is 27.2 Å². The van der Waals surface area contributed by atoms with Crippen LogP contribution < -0.4 is 5.32 Å². The number of aryl methyl sites for hydroxylation is 1. The van der Waals surface area contributed by atoms with Crippen LogP contribution in [0.15, 0.2) is 0 Å². The van der Waals surface area contributed by atoms with Crippen molar-refractivity contribution in [3.8, 4) is 0 Å². The van der Waals surface area contributed by atoms with Gasteiger partial charge in [0.15, 0.2) is 0 Å². The fourth-order valence-electron chi connectivity index (χ4n) is 1.24. The molecule has 0 atom stereocenters. The molecule has 1 aromatic heterocycles. The van der Waals surface area contributed by atoms with Crippen molar-refractivity contribution >= 4 is 11.3 Å². The summed E-state index contributed by atoms with van der Waals surface area (Å²) in [7, 11) is 3.38. The van der Waals surface area contributed by atoms with Gasteiger partial charge in [0.1, 0.15) is 10.0 Å². The van der Waals surface area contributed by atoms with Crippen molar-refractivity contribution in [3.63, 3.8) is 0 Å². The maximum Gasteiger partial charge on any atom is 0.143 e. The molecule has 1 heterocycles. The lowest BCUT2D eigenvalue weighted by molar-refractivity contribution is 0.184. The van der Waals surface area contributed by atoms with E-state index in [1.807, 2.05) is 0 Å². The first-order valence-electron chi connectivity index (χ1n) is 5.36. The highest BCUT2D eigenvalue weighted by atomic mass is 32.1. The molecule has 0 spiro atoms. The molecule has 0 aliphatic rings. The number of nitrogens with one attached hydrogen (secondary N) is 1. The van der Waals surface area contributed by atoms with E-state index >= 15 is 0 Å². The molecule has 6 heteroatoms. The second kappa shape index (κ2) is 8.58. The molecule has 0 aliphatic heterocycles. The average Bonchev–Trinajstić information content (AvgIpc) is 2.72. The Hall–Kier alpha value is -0.560. The molecule has 0 radical (unpaired) electrons. The van der Waals surface area contributed by atoms with Crippen LogP contribution in [0.3, 0.4) is 0 Å². The number of rotatable bonds is 9. The zero-order valence-electron chi connectivity index (χ0n) is 9.86. The molecular formula is C10H19N3O2S. The Balaban J connectivity index is 2.07. The Labute approximate surface area is 100 Å². The minimum Gasteiger partial charge on any atom is -0.383 e. The van der Waals surface area contributed by atoms with Crippen LogP contribution in [-0.2, 0) is 22.5 Å². The van der Waals surface area contributed by atoms with E-state index in [2.05, 4.69) is 15.5 Å². The molecule has 0 saturated carbocycles. The van der Waals surface area contributed by atoms with E-state index in [9.17, 15) is 0 Å². The Morgan fingerprint density at radius 1 is 1.12 bits per heavy atom. The summed E-state index contributed by atoms with van der Waals surface area (Å²) in [5, 5.41) is 13.5. The number of hydrogen-bond donors (Lipinski definition) is 1. The smallest absolute Gasteiger partial charge is 0.143 e. The summed E-state index contributed by atoms with van der Waals surface area (Å²) in [5.41, 5.74) is 0. The zero-order chi connectivity index (χ0) is 11.6. The highest BCUT2D eigenvalue weighted by Crippen LogP contribution is 2.11. The van der Waals surface area contributed by atoms with Crippen molar-refractivity contribution in [2.75, 3.05) is 33.9 Å². The molecular weight excluding hydrogens is 226 g/mol. The van der Waals surface area contributed by atoms with E-state index in [-0.39, 0.29) is 0 Å². The first-order chi connectivity index (χ1) is 7.86. The predicted octanol–water partition coefficient (Wildman–Crippen LogP) is 0.853. The van der Waals surface area contributed by atoms with Gasteiger partial charge >= 0.3 is 0 Å². The molecule has 92 valence electrons. The second-order valence-electron chi connectivity index (χ2n) is 3.37. The van der Waals surface area contributed by atoms with E-state index in [0.29, 0.717) is 6.61 Å². The molecule has 1 aromatic rings. The molecule has 0 aromatic carbocycles. The van der Waals surface area contributed by atoms with Crippen LogP contribution in [0.2, 0.25) is 0 Å². The highest BCUT2D eigenvalue weighted by molar-refractivity contribution is 7.11. The maximum atomic E-state index is 4.99. The average molecular weight is 245 g/mol. The summed E-state index contributed by atoms with van der Waals surface area (Å²) in [6.07, 6.45) is 2.05. The number of ether oxygens (including phenoxy) is 2. The van der Waals surface area contributed by atoms with Gasteiger partial charge in [-0.05, 0) is 13.0 Å². The third kappa shape index (κ3) is 5.50. The normalized spacial score (nSPS) is 10.9. The molecule has 0 unspecified atom stereocenters. The lowest BCUT2D eigenvalue weighted by Gasteiger charge is -2.01. The highest BCUT2D eigenvalue weighted by Gasteiger charge is 2.02. The van der Waals surface area contributed by atoms with Crippen LogP contribution in [0, 0.1) is 0 Å². The lowest BCUT2D eigenvalue weighted by atomic mass is 10.3. The minimum absolute atomic E-state index is 0.559. The monoisotopic (exact) mass is 245 g/mol. The van der Waals surface area contributed by atoms with Gasteiger partial charge in [-0.25, -0.2) is 0 Å². The van der Waals surface area contributed by atoms with Gasteiger partial charge < -0.3 is 14.8 Å². The zero-order valence-corrected chi connectivity index (χ0v) is 10.7. The Morgan fingerprint density at radius 3 is 2.69 bits per heavy atom. The molecule has 1 N–H and O–H groups in total. The topological polar surface area (TPSA) is 56.3 Å². The van der Waals surface area contributed by atoms with E-state index in [1.54, 1.807) is 25.6 Å². The van der Waals surface area contributed by atoms with Crippen molar-refractivity contribution < 1.29 is 9.47 Å². The summed E-state index contributed by atoms with van der Waals surface area (Å²) in [5.74, 6) is 0. The fourth-order valence-corrected chi connectivity index (χ4v) is 2.09. The third-order valence-electron chi connectivity index (χ3n) is 2.00. The van der Waals surface area contributed by atoms with E-state index < -0.39 is 0 Å². The summed E-state index contributed by atoms with van der Waals surface area (Å²) in [6, 6.07) is 0. The van der Waals surface area contributed by atoms with Crippen molar-refractivity contribution in [2.24, 2.45) is 0 Å². The predicted molar refractivity (Wildman–Crippen MR) is 63.7 cm³/mol. The molecule has 0 amide bonds. The van der Waals surface area contributed by atoms with E-state index in [0.717, 1.165) is 42.6 Å². The van der Waals surface area contributed by atoms with Gasteiger partial charge in [0.25, 0.3) is 0 Å². The van der Waals surface area contributed by atoms with E-state index in [4.69, 9.17) is 9.47 Å². The van der Waals surface area contributed by atoms with Crippen molar-refractivity contribution in [1.29, 1.82) is 0 Å². The van der Waals surface area contributed by atoms with Gasteiger partial charge in [-0.3, -0.25) is 0 Å². The SMILES string of the molecule is COCCNCCCc1nnc(COC)s1. The van der Waals surface area contributed by atoms with E-state index in [1.165, 1.54) is 0 Å². The largest absolute Gasteiger partial charge is 0.383 e. The summed E-state index contributed by atoms with van der Waals surface area (Å²) >= 11 is 1.63. The first kappa shape index (κ1) is 13.5. The number of aromatic nitrogens is 2. The Morgan fingerprint density at radius 2 is 1.94 bits per heavy atom. The number of nitrogens with zero attached hydrogens (tertiary/aromatic N) is 2. The van der Waals surface area contributed by atoms with Crippen molar-refractivity contribution in [1.82, 2.24) is 15.5 Å². The van der Waals surface area contributed by atoms with Crippen LogP contribution >= 0.6 is 11.3 Å². The van der Waals surface area contributed by atoms with Crippen LogP contribution in [-0.4, -0.2) is 44.1 Å². The van der Waals surface area contributed by atoms with Crippen LogP contribution in [0.25, 0.3) is 0 Å². The van der Waals surface area contributed by atoms with Gasteiger partial charge in [0.2, 0.25) is 0 Å². The summed E-state index contributed by atoms with van der Waals surface area (Å²) < 4.78 is 9.93. The standard InChI is InChI=1S/C10H19N3O2S/c1-14-7-6-11-5-3-4-9-12-13-10(16-9)8-15-2/h11H,3-8H2,1-2H3. The van der Waals surface area contributed by atoms with Gasteiger partial charge in [0.05, 0.1) is 13.2 Å². The second-order valence-corrected chi connectivity index (χ2v) is 4.52. The van der Waals surface area contributed by atoms with Crippen LogP contribution in [0.5, 0.6) is 0 Å². The third-order valence-corrected chi connectivity index (χ3v) is 2.96. The minimum atomic E-state index is 0.559. The van der Waals surface area contributed by atoms with Crippen molar-refractivity contribution in [2.45, 2.75) is 19.4 Å². The van der Waals surface area contributed by atoms with Gasteiger partial charge in [-0.15, -0.1) is 10.2 Å². The van der Waals surface area contributed by atoms with Crippen molar-refractivity contribution in [3.05, 3.63) is 10.0 Å². The molecule has 0 aliphatic carbocycles. The summed E-state index contributed by atoms with van der Waals surface area (Å²) in [4.78, 5) is 0. The molecule has 0 bridgehead atoms. The molecule has 1 rings (SSSR count). The maximum absolute atomic E-state index is 4.99. The van der Waals surface area contributed by atoms with Gasteiger partial charge in [-0.1, -0.05) is 11.3 Å². The van der Waals surface area contributed by atoms with Gasteiger partial charge in [-0.2, -0.15) is 0 Å². The molecule has 5 nitrogen and oxygen atoms in total. The Kier molecular flexibility index (Phi) is 7.24. The van der Waals surface area contributed by atoms with Crippen LogP contribution in [0.4, 0.5) is 0 Å². The lowest BCUT2D eigenvalue weighted by Crippen LogP contribution is -2.20. The van der Waals surface area contributed by atoms with Crippen LogP contribution in [0.1, 0.15) is 16.4 Å². The quantitative estimate of drug-likeness (QED) is 0.654. The molecule has 16 heavy (non-hydrogen) atoms. The fraction of sp³-hybridized carbons (Fsp3) is 0.800. The molecule has 0 fully saturated rings. The summed E-state index contributed by atoms with van der Waals surface area (Å²) in [6.45, 7) is 3.21. The number of methoxy groups -OCH3 is 2. The molecule has 0 saturated heterocycles. The first-order valence-corrected chi connectivity index (χ1v) is 6.18.